The lowest BCUT2D eigenvalue weighted by Crippen LogP contribution is -2.12. The average molecular weight is 184 g/mol. The van der Waals surface area contributed by atoms with Gasteiger partial charge in [0, 0.05) is 12.6 Å². The predicted molar refractivity (Wildman–Crippen MR) is 47.4 cm³/mol. The first kappa shape index (κ1) is 10.1. The van der Waals surface area contributed by atoms with Crippen LogP contribution >= 0.6 is 0 Å². The number of pyridine rings is 1. The topological polar surface area (TPSA) is 59.1 Å². The van der Waals surface area contributed by atoms with Gasteiger partial charge in [-0.15, -0.1) is 0 Å². The standard InChI is InChI=1S/C9H13FN2O/c10-7-3-4-9(12-6-7)8(11)2-1-5-13/h3-4,6,8,13H,1-2,5,11H2/t8-/m0/s1. The largest absolute Gasteiger partial charge is 0.396 e. The van der Waals surface area contributed by atoms with Crippen LogP contribution in [0.3, 0.4) is 0 Å². The van der Waals surface area contributed by atoms with Crippen molar-refractivity contribution in [2.24, 2.45) is 5.73 Å². The Morgan fingerprint density at radius 3 is 2.85 bits per heavy atom. The number of hydrogen-bond donors (Lipinski definition) is 2. The van der Waals surface area contributed by atoms with Gasteiger partial charge in [-0.2, -0.15) is 0 Å². The molecular weight excluding hydrogens is 171 g/mol. The highest BCUT2D eigenvalue weighted by Crippen LogP contribution is 2.12. The van der Waals surface area contributed by atoms with Gasteiger partial charge in [-0.1, -0.05) is 0 Å². The van der Waals surface area contributed by atoms with E-state index in [9.17, 15) is 4.39 Å². The number of halogens is 1. The molecule has 1 atom stereocenters. The van der Waals surface area contributed by atoms with Gasteiger partial charge < -0.3 is 10.8 Å². The minimum absolute atomic E-state index is 0.120. The van der Waals surface area contributed by atoms with Gasteiger partial charge in [-0.05, 0) is 25.0 Å². The van der Waals surface area contributed by atoms with Gasteiger partial charge in [0.1, 0.15) is 5.82 Å². The molecule has 0 aliphatic carbocycles. The molecule has 4 heteroatoms. The summed E-state index contributed by atoms with van der Waals surface area (Å²) in [5.41, 5.74) is 6.40. The van der Waals surface area contributed by atoms with Crippen LogP contribution in [0.1, 0.15) is 24.6 Å². The molecule has 0 fully saturated rings. The highest BCUT2D eigenvalue weighted by Gasteiger charge is 2.06. The van der Waals surface area contributed by atoms with Crippen LogP contribution in [-0.2, 0) is 0 Å². The summed E-state index contributed by atoms with van der Waals surface area (Å²) in [4.78, 5) is 3.85. The van der Waals surface area contributed by atoms with Crippen molar-refractivity contribution >= 4 is 0 Å². The summed E-state index contributed by atoms with van der Waals surface area (Å²) in [7, 11) is 0. The Hall–Kier alpha value is -1.00. The van der Waals surface area contributed by atoms with Gasteiger partial charge in [0.05, 0.1) is 11.9 Å². The molecule has 0 aromatic carbocycles. The monoisotopic (exact) mass is 184 g/mol. The lowest BCUT2D eigenvalue weighted by atomic mass is 10.1. The predicted octanol–water partition coefficient (Wildman–Crippen LogP) is 0.993. The molecule has 72 valence electrons. The molecule has 1 aromatic rings. The number of nitrogens with two attached hydrogens (primary N) is 1. The van der Waals surface area contributed by atoms with Crippen molar-refractivity contribution in [3.8, 4) is 0 Å². The molecule has 0 amide bonds. The fourth-order valence-electron chi connectivity index (χ4n) is 1.07. The van der Waals surface area contributed by atoms with E-state index in [2.05, 4.69) is 4.98 Å². The van der Waals surface area contributed by atoms with Crippen molar-refractivity contribution in [2.75, 3.05) is 6.61 Å². The first-order valence-electron chi connectivity index (χ1n) is 4.22. The minimum Gasteiger partial charge on any atom is -0.396 e. The summed E-state index contributed by atoms with van der Waals surface area (Å²) in [6.45, 7) is 0.120. The first-order chi connectivity index (χ1) is 6.24. The van der Waals surface area contributed by atoms with Crippen LogP contribution in [-0.4, -0.2) is 16.7 Å². The van der Waals surface area contributed by atoms with E-state index in [1.807, 2.05) is 0 Å². The second-order valence-electron chi connectivity index (χ2n) is 2.87. The summed E-state index contributed by atoms with van der Waals surface area (Å²) >= 11 is 0. The Bertz CT molecular complexity index is 250. The van der Waals surface area contributed by atoms with E-state index < -0.39 is 0 Å². The summed E-state index contributed by atoms with van der Waals surface area (Å²) in [6, 6.07) is 2.69. The summed E-state index contributed by atoms with van der Waals surface area (Å²) in [6.07, 6.45) is 2.45. The van der Waals surface area contributed by atoms with E-state index in [0.29, 0.717) is 18.5 Å². The molecule has 3 nitrogen and oxygen atoms in total. The van der Waals surface area contributed by atoms with Crippen LogP contribution in [0.5, 0.6) is 0 Å². The van der Waals surface area contributed by atoms with Crippen molar-refractivity contribution < 1.29 is 9.50 Å². The molecule has 0 saturated carbocycles. The lowest BCUT2D eigenvalue weighted by molar-refractivity contribution is 0.279. The molecule has 0 bridgehead atoms. The minimum atomic E-state index is -0.363. The Morgan fingerprint density at radius 1 is 1.54 bits per heavy atom. The van der Waals surface area contributed by atoms with E-state index in [1.54, 1.807) is 6.07 Å². The van der Waals surface area contributed by atoms with Gasteiger partial charge in [0.25, 0.3) is 0 Å². The van der Waals surface area contributed by atoms with Crippen LogP contribution in [0.25, 0.3) is 0 Å². The van der Waals surface area contributed by atoms with E-state index in [1.165, 1.54) is 6.07 Å². The molecule has 3 N–H and O–H groups in total. The normalized spacial score (nSPS) is 12.8. The molecule has 0 aliphatic rings. The third kappa shape index (κ3) is 3.08. The van der Waals surface area contributed by atoms with E-state index in [4.69, 9.17) is 10.8 Å². The molecular formula is C9H13FN2O. The lowest BCUT2D eigenvalue weighted by Gasteiger charge is -2.09. The van der Waals surface area contributed by atoms with E-state index >= 15 is 0 Å². The molecule has 1 rings (SSSR count). The quantitative estimate of drug-likeness (QED) is 0.733. The van der Waals surface area contributed by atoms with Crippen molar-refractivity contribution in [1.29, 1.82) is 0 Å². The molecule has 0 aliphatic heterocycles. The molecule has 0 spiro atoms. The van der Waals surface area contributed by atoms with Crippen molar-refractivity contribution in [1.82, 2.24) is 4.98 Å². The molecule has 13 heavy (non-hydrogen) atoms. The van der Waals surface area contributed by atoms with Crippen molar-refractivity contribution in [3.05, 3.63) is 29.8 Å². The van der Waals surface area contributed by atoms with Gasteiger partial charge in [-0.25, -0.2) is 4.39 Å². The van der Waals surface area contributed by atoms with Crippen LogP contribution in [0, 0.1) is 5.82 Å². The Balaban J connectivity index is 2.55. The number of nitrogens with zero attached hydrogens (tertiary/aromatic N) is 1. The molecule has 0 unspecified atom stereocenters. The van der Waals surface area contributed by atoms with E-state index in [0.717, 1.165) is 6.20 Å². The zero-order valence-corrected chi connectivity index (χ0v) is 7.28. The highest BCUT2D eigenvalue weighted by atomic mass is 19.1. The van der Waals surface area contributed by atoms with Gasteiger partial charge in [0.15, 0.2) is 0 Å². The van der Waals surface area contributed by atoms with Crippen LogP contribution < -0.4 is 5.73 Å². The summed E-state index contributed by atoms with van der Waals surface area (Å²) in [5.74, 6) is -0.363. The molecule has 1 heterocycles. The summed E-state index contributed by atoms with van der Waals surface area (Å²) < 4.78 is 12.5. The van der Waals surface area contributed by atoms with Gasteiger partial charge in [0.2, 0.25) is 0 Å². The number of aromatic nitrogens is 1. The third-order valence-corrected chi connectivity index (χ3v) is 1.80. The zero-order chi connectivity index (χ0) is 9.68. The van der Waals surface area contributed by atoms with Crippen LogP contribution in [0.15, 0.2) is 18.3 Å². The Kier molecular flexibility index (Phi) is 3.79. The first-order valence-corrected chi connectivity index (χ1v) is 4.22. The maximum atomic E-state index is 12.5. The van der Waals surface area contributed by atoms with Crippen molar-refractivity contribution in [3.63, 3.8) is 0 Å². The fourth-order valence-corrected chi connectivity index (χ4v) is 1.07. The van der Waals surface area contributed by atoms with Crippen molar-refractivity contribution in [2.45, 2.75) is 18.9 Å². The average Bonchev–Trinajstić information content (AvgIpc) is 2.15. The SMILES string of the molecule is N[C@@H](CCCO)c1ccc(F)cn1. The maximum Gasteiger partial charge on any atom is 0.141 e. The molecule has 0 saturated heterocycles. The Labute approximate surface area is 76.4 Å². The second-order valence-corrected chi connectivity index (χ2v) is 2.87. The summed E-state index contributed by atoms with van der Waals surface area (Å²) in [5, 5.41) is 8.57. The van der Waals surface area contributed by atoms with Crippen LogP contribution in [0.2, 0.25) is 0 Å². The van der Waals surface area contributed by atoms with Gasteiger partial charge >= 0.3 is 0 Å². The van der Waals surface area contributed by atoms with E-state index in [-0.39, 0.29) is 18.5 Å². The molecule has 1 aromatic heterocycles. The number of hydrogen-bond acceptors (Lipinski definition) is 3. The highest BCUT2D eigenvalue weighted by molar-refractivity contribution is 5.08. The van der Waals surface area contributed by atoms with Gasteiger partial charge in [-0.3, -0.25) is 4.98 Å². The second kappa shape index (κ2) is 4.89. The molecule has 0 radical (unpaired) electrons. The maximum absolute atomic E-state index is 12.5. The third-order valence-electron chi connectivity index (χ3n) is 1.80. The Morgan fingerprint density at radius 2 is 2.31 bits per heavy atom. The number of aliphatic hydroxyl groups excluding tert-OH is 1. The number of rotatable bonds is 4. The number of aliphatic hydroxyl groups is 1. The zero-order valence-electron chi connectivity index (χ0n) is 7.28. The smallest absolute Gasteiger partial charge is 0.141 e. The fraction of sp³-hybridized carbons (Fsp3) is 0.444. The van der Waals surface area contributed by atoms with Crippen LogP contribution in [0.4, 0.5) is 4.39 Å².